The van der Waals surface area contributed by atoms with Crippen LogP contribution in [0.2, 0.25) is 5.15 Å². The third kappa shape index (κ3) is 4.12. The Morgan fingerprint density at radius 2 is 2.19 bits per heavy atom. The third-order valence-electron chi connectivity index (χ3n) is 2.87. The summed E-state index contributed by atoms with van der Waals surface area (Å²) in [5.41, 5.74) is -0.588. The molecule has 0 fully saturated rings. The van der Waals surface area contributed by atoms with Crippen molar-refractivity contribution in [3.8, 4) is 0 Å². The summed E-state index contributed by atoms with van der Waals surface area (Å²) >= 11 is 5.68. The van der Waals surface area contributed by atoms with E-state index < -0.39 is 22.4 Å². The molecule has 0 saturated heterocycles. The number of carbonyl (C=O) groups excluding carboxylic acids is 2. The number of hydrogen-bond donors (Lipinski definition) is 1. The lowest BCUT2D eigenvalue weighted by Crippen LogP contribution is -2.37. The number of halogens is 1. The van der Waals surface area contributed by atoms with Gasteiger partial charge in [0.15, 0.2) is 0 Å². The molecule has 0 aliphatic heterocycles. The van der Waals surface area contributed by atoms with Crippen LogP contribution in [0.4, 0.5) is 5.69 Å². The van der Waals surface area contributed by atoms with Gasteiger partial charge in [-0.1, -0.05) is 18.5 Å². The van der Waals surface area contributed by atoms with Gasteiger partial charge in [-0.2, -0.15) is 0 Å². The van der Waals surface area contributed by atoms with Crippen molar-refractivity contribution in [3.63, 3.8) is 0 Å². The molecule has 1 atom stereocenters. The summed E-state index contributed by atoms with van der Waals surface area (Å²) in [6.45, 7) is 1.77. The van der Waals surface area contributed by atoms with Crippen molar-refractivity contribution in [2.24, 2.45) is 5.92 Å². The number of rotatable bonds is 5. The fraction of sp³-hybridized carbons (Fsp3) is 0.417. The molecule has 1 aromatic rings. The number of pyridine rings is 1. The Kier molecular flexibility index (Phi) is 5.60. The Balaban J connectivity index is 3.00. The zero-order valence-corrected chi connectivity index (χ0v) is 12.5. The molecule has 1 rings (SSSR count). The van der Waals surface area contributed by atoms with Crippen molar-refractivity contribution in [3.05, 3.63) is 33.1 Å². The van der Waals surface area contributed by atoms with Crippen LogP contribution in [0.15, 0.2) is 12.3 Å². The van der Waals surface area contributed by atoms with Gasteiger partial charge in [0.2, 0.25) is 5.91 Å². The van der Waals surface area contributed by atoms with E-state index in [2.05, 4.69) is 10.3 Å². The van der Waals surface area contributed by atoms with Crippen LogP contribution in [-0.2, 0) is 4.79 Å². The van der Waals surface area contributed by atoms with Crippen molar-refractivity contribution in [2.75, 3.05) is 20.6 Å². The number of nitrogens with zero attached hydrogens (tertiary/aromatic N) is 3. The Morgan fingerprint density at radius 3 is 2.71 bits per heavy atom. The quantitative estimate of drug-likeness (QED) is 0.497. The van der Waals surface area contributed by atoms with Crippen molar-refractivity contribution >= 4 is 29.1 Å². The minimum atomic E-state index is -0.702. The molecule has 1 unspecified atom stereocenters. The summed E-state index contributed by atoms with van der Waals surface area (Å²) in [6.07, 6.45) is 0.936. The van der Waals surface area contributed by atoms with Crippen LogP contribution >= 0.6 is 11.6 Å². The molecular weight excluding hydrogens is 300 g/mol. The van der Waals surface area contributed by atoms with E-state index in [9.17, 15) is 19.7 Å². The number of carbonyl (C=O) groups is 2. The Hall–Kier alpha value is -2.22. The van der Waals surface area contributed by atoms with E-state index in [1.807, 2.05) is 0 Å². The summed E-state index contributed by atoms with van der Waals surface area (Å²) < 4.78 is 0. The molecule has 0 bridgehead atoms. The molecule has 114 valence electrons. The van der Waals surface area contributed by atoms with Gasteiger partial charge >= 0.3 is 0 Å². The molecule has 8 nitrogen and oxygen atoms in total. The highest BCUT2D eigenvalue weighted by Crippen LogP contribution is 2.22. The molecule has 0 aliphatic carbocycles. The zero-order valence-electron chi connectivity index (χ0n) is 11.8. The van der Waals surface area contributed by atoms with E-state index in [-0.39, 0.29) is 23.2 Å². The smallest absolute Gasteiger partial charge is 0.300 e. The van der Waals surface area contributed by atoms with Crippen molar-refractivity contribution < 1.29 is 14.5 Å². The van der Waals surface area contributed by atoms with Crippen LogP contribution in [0.25, 0.3) is 0 Å². The second-order valence-corrected chi connectivity index (χ2v) is 4.87. The first kappa shape index (κ1) is 16.8. The molecule has 0 aliphatic rings. The predicted molar refractivity (Wildman–Crippen MR) is 76.1 cm³/mol. The van der Waals surface area contributed by atoms with Gasteiger partial charge in [-0.3, -0.25) is 19.7 Å². The average Bonchev–Trinajstić information content (AvgIpc) is 2.44. The van der Waals surface area contributed by atoms with Gasteiger partial charge < -0.3 is 10.2 Å². The summed E-state index contributed by atoms with van der Waals surface area (Å²) in [5, 5.41) is 13.4. The van der Waals surface area contributed by atoms with Crippen molar-refractivity contribution in [2.45, 2.75) is 6.92 Å². The normalized spacial score (nSPS) is 11.6. The van der Waals surface area contributed by atoms with E-state index in [0.717, 1.165) is 12.3 Å². The lowest BCUT2D eigenvalue weighted by atomic mass is 10.1. The second-order valence-electron chi connectivity index (χ2n) is 4.48. The third-order valence-corrected chi connectivity index (χ3v) is 3.07. The molecule has 0 radical (unpaired) electrons. The Bertz CT molecular complexity index is 578. The fourth-order valence-corrected chi connectivity index (χ4v) is 1.93. The SMILES string of the molecule is CNC(=O)C(C)CN(C)C(=O)c1cc(Cl)ncc1[N+](=O)[O-]. The van der Waals surface area contributed by atoms with E-state index in [1.54, 1.807) is 6.92 Å². The zero-order chi connectivity index (χ0) is 16.2. The standard InChI is InChI=1S/C12H15ClN4O4/c1-7(11(18)14-2)6-16(3)12(19)8-4-10(13)15-5-9(8)17(20)21/h4-5,7H,6H2,1-3H3,(H,14,18). The van der Waals surface area contributed by atoms with Crippen LogP contribution in [0.1, 0.15) is 17.3 Å². The lowest BCUT2D eigenvalue weighted by molar-refractivity contribution is -0.385. The highest BCUT2D eigenvalue weighted by molar-refractivity contribution is 6.29. The molecule has 1 heterocycles. The van der Waals surface area contributed by atoms with E-state index in [1.165, 1.54) is 19.0 Å². The lowest BCUT2D eigenvalue weighted by Gasteiger charge is -2.20. The number of nitro groups is 1. The van der Waals surface area contributed by atoms with Gasteiger partial charge in [0.25, 0.3) is 11.6 Å². The minimum absolute atomic E-state index is 0.0169. The van der Waals surface area contributed by atoms with E-state index in [0.29, 0.717) is 0 Å². The predicted octanol–water partition coefficient (Wildman–Crippen LogP) is 1.10. The molecular formula is C12H15ClN4O4. The molecule has 0 spiro atoms. The highest BCUT2D eigenvalue weighted by Gasteiger charge is 2.25. The fourth-order valence-electron chi connectivity index (χ4n) is 1.77. The highest BCUT2D eigenvalue weighted by atomic mass is 35.5. The van der Waals surface area contributed by atoms with Gasteiger partial charge in [-0.05, 0) is 6.07 Å². The van der Waals surface area contributed by atoms with Crippen LogP contribution in [-0.4, -0.2) is 47.3 Å². The number of hydrogen-bond acceptors (Lipinski definition) is 5. The van der Waals surface area contributed by atoms with Crippen LogP contribution in [0.5, 0.6) is 0 Å². The molecule has 0 aromatic carbocycles. The molecule has 2 amide bonds. The summed E-state index contributed by atoms with van der Waals surface area (Å²) in [5.74, 6) is -1.26. The first-order valence-electron chi connectivity index (χ1n) is 6.05. The maximum Gasteiger partial charge on any atom is 0.300 e. The van der Waals surface area contributed by atoms with Gasteiger partial charge in [0.1, 0.15) is 16.9 Å². The molecule has 21 heavy (non-hydrogen) atoms. The number of aromatic nitrogens is 1. The summed E-state index contributed by atoms with van der Waals surface area (Å²) in [4.78, 5) is 38.8. The molecule has 1 aromatic heterocycles. The van der Waals surface area contributed by atoms with Gasteiger partial charge in [-0.15, -0.1) is 0 Å². The molecule has 1 N–H and O–H groups in total. The topological polar surface area (TPSA) is 105 Å². The number of nitrogens with one attached hydrogen (secondary N) is 1. The van der Waals surface area contributed by atoms with Gasteiger partial charge in [0, 0.05) is 20.6 Å². The van der Waals surface area contributed by atoms with Crippen molar-refractivity contribution in [1.82, 2.24) is 15.2 Å². The second kappa shape index (κ2) is 6.98. The van der Waals surface area contributed by atoms with Crippen LogP contribution in [0.3, 0.4) is 0 Å². The molecule has 9 heteroatoms. The molecule has 0 saturated carbocycles. The van der Waals surface area contributed by atoms with Crippen LogP contribution < -0.4 is 5.32 Å². The van der Waals surface area contributed by atoms with E-state index >= 15 is 0 Å². The minimum Gasteiger partial charge on any atom is -0.359 e. The van der Waals surface area contributed by atoms with Crippen molar-refractivity contribution in [1.29, 1.82) is 0 Å². The maximum atomic E-state index is 12.3. The first-order valence-corrected chi connectivity index (χ1v) is 6.42. The summed E-state index contributed by atoms with van der Waals surface area (Å²) in [7, 11) is 2.95. The Labute approximate surface area is 126 Å². The van der Waals surface area contributed by atoms with Crippen LogP contribution in [0, 0.1) is 16.0 Å². The largest absolute Gasteiger partial charge is 0.359 e. The van der Waals surface area contributed by atoms with Gasteiger partial charge in [-0.25, -0.2) is 4.98 Å². The number of amides is 2. The Morgan fingerprint density at radius 1 is 1.57 bits per heavy atom. The first-order chi connectivity index (χ1) is 9.77. The van der Waals surface area contributed by atoms with E-state index in [4.69, 9.17) is 11.6 Å². The average molecular weight is 315 g/mol. The van der Waals surface area contributed by atoms with Gasteiger partial charge in [0.05, 0.1) is 10.8 Å². The maximum absolute atomic E-state index is 12.3. The monoisotopic (exact) mass is 314 g/mol. The summed E-state index contributed by atoms with van der Waals surface area (Å²) in [6, 6.07) is 1.14.